The van der Waals surface area contributed by atoms with Crippen molar-refractivity contribution < 1.29 is 9.59 Å². The number of hydrogen-bond acceptors (Lipinski definition) is 3. The van der Waals surface area contributed by atoms with E-state index in [1.165, 1.54) is 0 Å². The Balaban J connectivity index is 2.07. The van der Waals surface area contributed by atoms with Crippen molar-refractivity contribution in [3.63, 3.8) is 0 Å². The summed E-state index contributed by atoms with van der Waals surface area (Å²) in [4.78, 5) is 25.9. The Morgan fingerprint density at radius 2 is 2.15 bits per heavy atom. The van der Waals surface area contributed by atoms with Crippen LogP contribution >= 0.6 is 0 Å². The van der Waals surface area contributed by atoms with Crippen LogP contribution in [0.25, 0.3) is 0 Å². The average molecular weight is 277 g/mol. The summed E-state index contributed by atoms with van der Waals surface area (Å²) in [7, 11) is 0. The lowest BCUT2D eigenvalue weighted by Crippen LogP contribution is -2.57. The van der Waals surface area contributed by atoms with Crippen LogP contribution in [0.15, 0.2) is 0 Å². The van der Waals surface area contributed by atoms with Crippen LogP contribution in [0, 0.1) is 22.7 Å². The summed E-state index contributed by atoms with van der Waals surface area (Å²) >= 11 is 0. The van der Waals surface area contributed by atoms with E-state index < -0.39 is 5.41 Å². The lowest BCUT2D eigenvalue weighted by Gasteiger charge is -2.43. The maximum absolute atomic E-state index is 12.7. The fraction of sp³-hybridized carbons (Fsp3) is 0.800. The molecule has 2 saturated heterocycles. The van der Waals surface area contributed by atoms with Crippen molar-refractivity contribution in [2.75, 3.05) is 13.1 Å². The van der Waals surface area contributed by atoms with E-state index in [4.69, 9.17) is 0 Å². The van der Waals surface area contributed by atoms with Gasteiger partial charge in [-0.25, -0.2) is 0 Å². The van der Waals surface area contributed by atoms with Crippen molar-refractivity contribution in [1.82, 2.24) is 10.2 Å². The molecular formula is C15H23N3O2. The Hall–Kier alpha value is -1.57. The molecule has 20 heavy (non-hydrogen) atoms. The van der Waals surface area contributed by atoms with Gasteiger partial charge in [0.25, 0.3) is 0 Å². The molecule has 2 unspecified atom stereocenters. The summed E-state index contributed by atoms with van der Waals surface area (Å²) in [6.07, 6.45) is 3.31. The minimum absolute atomic E-state index is 0.0275. The molecule has 110 valence electrons. The average Bonchev–Trinajstić information content (AvgIpc) is 2.49. The van der Waals surface area contributed by atoms with Crippen molar-refractivity contribution in [3.8, 4) is 6.07 Å². The van der Waals surface area contributed by atoms with Crippen molar-refractivity contribution in [3.05, 3.63) is 0 Å². The van der Waals surface area contributed by atoms with E-state index in [-0.39, 0.29) is 17.9 Å². The van der Waals surface area contributed by atoms with Gasteiger partial charge in [-0.15, -0.1) is 0 Å². The minimum Gasteiger partial charge on any atom is -0.353 e. The number of amides is 2. The first kappa shape index (κ1) is 14.8. The van der Waals surface area contributed by atoms with Gasteiger partial charge in [0.05, 0.1) is 6.07 Å². The molecule has 2 aliphatic heterocycles. The Morgan fingerprint density at radius 1 is 1.45 bits per heavy atom. The van der Waals surface area contributed by atoms with Gasteiger partial charge in [0.15, 0.2) is 0 Å². The van der Waals surface area contributed by atoms with Crippen molar-refractivity contribution in [1.29, 1.82) is 5.26 Å². The molecule has 5 nitrogen and oxygen atoms in total. The highest BCUT2D eigenvalue weighted by atomic mass is 16.2. The number of nitrogens with zero attached hydrogens (tertiary/aromatic N) is 2. The van der Waals surface area contributed by atoms with Crippen LogP contribution in [0.1, 0.15) is 46.0 Å². The second-order valence-corrected chi connectivity index (χ2v) is 5.91. The first-order valence-corrected chi connectivity index (χ1v) is 7.56. The third kappa shape index (κ3) is 2.52. The predicted molar refractivity (Wildman–Crippen MR) is 74.5 cm³/mol. The van der Waals surface area contributed by atoms with Gasteiger partial charge < -0.3 is 10.2 Å². The van der Waals surface area contributed by atoms with Gasteiger partial charge in [-0.3, -0.25) is 9.59 Å². The molecule has 0 saturated carbocycles. The first-order chi connectivity index (χ1) is 9.56. The van der Waals surface area contributed by atoms with E-state index in [2.05, 4.69) is 11.4 Å². The number of rotatable bonds is 3. The molecule has 2 aliphatic rings. The zero-order valence-electron chi connectivity index (χ0n) is 12.3. The fourth-order valence-electron chi connectivity index (χ4n) is 3.36. The molecule has 2 heterocycles. The molecular weight excluding hydrogens is 254 g/mol. The summed E-state index contributed by atoms with van der Waals surface area (Å²) in [5.74, 6) is 0.440. The van der Waals surface area contributed by atoms with E-state index in [1.807, 2.05) is 18.7 Å². The second kappa shape index (κ2) is 5.82. The number of likely N-dealkylation sites (tertiary alicyclic amines) is 1. The van der Waals surface area contributed by atoms with Gasteiger partial charge in [-0.2, -0.15) is 5.26 Å². The van der Waals surface area contributed by atoms with E-state index in [0.29, 0.717) is 38.3 Å². The quantitative estimate of drug-likeness (QED) is 0.848. The molecule has 1 N–H and O–H groups in total. The molecule has 0 aromatic rings. The fourth-order valence-corrected chi connectivity index (χ4v) is 3.36. The van der Waals surface area contributed by atoms with Gasteiger partial charge >= 0.3 is 0 Å². The highest BCUT2D eigenvalue weighted by Crippen LogP contribution is 2.32. The van der Waals surface area contributed by atoms with Gasteiger partial charge in [0, 0.05) is 25.6 Å². The zero-order valence-corrected chi connectivity index (χ0v) is 12.3. The number of nitriles is 1. The van der Waals surface area contributed by atoms with Crippen molar-refractivity contribution >= 4 is 11.8 Å². The lowest BCUT2D eigenvalue weighted by molar-refractivity contribution is -0.142. The van der Waals surface area contributed by atoms with E-state index >= 15 is 0 Å². The first-order valence-electron chi connectivity index (χ1n) is 7.56. The predicted octanol–water partition coefficient (Wildman–Crippen LogP) is 1.44. The third-order valence-corrected chi connectivity index (χ3v) is 4.94. The van der Waals surface area contributed by atoms with E-state index in [0.717, 1.165) is 12.8 Å². The molecule has 0 bridgehead atoms. The molecule has 2 rings (SSSR count). The molecule has 0 spiro atoms. The second-order valence-electron chi connectivity index (χ2n) is 5.91. The van der Waals surface area contributed by atoms with Crippen LogP contribution in [0.5, 0.6) is 0 Å². The summed E-state index contributed by atoms with van der Waals surface area (Å²) in [5, 5.41) is 12.4. The maximum Gasteiger partial charge on any atom is 0.243 e. The van der Waals surface area contributed by atoms with Gasteiger partial charge in [-0.05, 0) is 31.6 Å². The standard InChI is InChI=1S/C15H23N3O2/c1-3-15(4-2,10-16)14(20)18-8-7-12-11(9-18)5-6-13(19)17-12/h11-12H,3-9H2,1-2H3,(H,17,19). The number of hydrogen-bond donors (Lipinski definition) is 1. The molecule has 2 atom stereocenters. The Morgan fingerprint density at radius 3 is 2.75 bits per heavy atom. The molecule has 0 radical (unpaired) electrons. The summed E-state index contributed by atoms with van der Waals surface area (Å²) in [5.41, 5.74) is -0.870. The number of piperidine rings is 2. The minimum atomic E-state index is -0.870. The van der Waals surface area contributed by atoms with Crippen LogP contribution < -0.4 is 5.32 Å². The molecule has 5 heteroatoms. The van der Waals surface area contributed by atoms with Crippen molar-refractivity contribution in [2.45, 2.75) is 52.0 Å². The number of fused-ring (bicyclic) bond motifs is 1. The van der Waals surface area contributed by atoms with Crippen LogP contribution in [-0.4, -0.2) is 35.8 Å². The Labute approximate surface area is 120 Å². The Kier molecular flexibility index (Phi) is 4.32. The van der Waals surface area contributed by atoms with Crippen LogP contribution in [0.3, 0.4) is 0 Å². The summed E-state index contributed by atoms with van der Waals surface area (Å²) in [6.45, 7) is 5.12. The topological polar surface area (TPSA) is 73.2 Å². The largest absolute Gasteiger partial charge is 0.353 e. The van der Waals surface area contributed by atoms with Gasteiger partial charge in [0.2, 0.25) is 11.8 Å². The molecule has 2 fully saturated rings. The van der Waals surface area contributed by atoms with Crippen LogP contribution in [-0.2, 0) is 9.59 Å². The monoisotopic (exact) mass is 277 g/mol. The number of nitrogens with one attached hydrogen (secondary N) is 1. The van der Waals surface area contributed by atoms with Gasteiger partial charge in [0.1, 0.15) is 5.41 Å². The third-order valence-electron chi connectivity index (χ3n) is 4.94. The highest BCUT2D eigenvalue weighted by Gasteiger charge is 2.42. The van der Waals surface area contributed by atoms with Crippen LogP contribution in [0.2, 0.25) is 0 Å². The van der Waals surface area contributed by atoms with Gasteiger partial charge in [-0.1, -0.05) is 13.8 Å². The van der Waals surface area contributed by atoms with E-state index in [1.54, 1.807) is 0 Å². The molecule has 0 aromatic heterocycles. The Bertz CT molecular complexity index is 437. The molecule has 0 aliphatic carbocycles. The normalized spacial score (nSPS) is 26.4. The SMILES string of the molecule is CCC(C#N)(CC)C(=O)N1CCC2NC(=O)CCC2C1. The number of carbonyl (C=O) groups excluding carboxylic acids is 2. The molecule has 0 aromatic carbocycles. The van der Waals surface area contributed by atoms with Crippen LogP contribution in [0.4, 0.5) is 0 Å². The molecule has 2 amide bonds. The van der Waals surface area contributed by atoms with E-state index in [9.17, 15) is 14.9 Å². The zero-order chi connectivity index (χ0) is 14.8. The highest BCUT2D eigenvalue weighted by molar-refractivity contribution is 5.85. The lowest BCUT2D eigenvalue weighted by atomic mass is 9.80. The maximum atomic E-state index is 12.7. The van der Waals surface area contributed by atoms with Crippen molar-refractivity contribution in [2.24, 2.45) is 11.3 Å². The number of carbonyl (C=O) groups is 2. The summed E-state index contributed by atoms with van der Waals surface area (Å²) < 4.78 is 0. The smallest absolute Gasteiger partial charge is 0.243 e. The summed E-state index contributed by atoms with van der Waals surface area (Å²) in [6, 6.07) is 2.44.